The number of amides is 6. The number of aliphatic hydroxyl groups excluding tert-OH is 1. The molecule has 2 aromatic carbocycles. The molecule has 1 heterocycles. The number of carbonyl (C=O) groups is 6. The highest BCUT2D eigenvalue weighted by Crippen LogP contribution is 2.65. The Hall–Kier alpha value is -4.88. The van der Waals surface area contributed by atoms with Gasteiger partial charge < -0.3 is 57.8 Å². The summed E-state index contributed by atoms with van der Waals surface area (Å²) < 4.78 is 12.9. The standard InChI is InChI=1S/C51H79BN8O9/c1-8-9-14-34-17-19-35(20-18-34)36-21-23-37(24-22-36)46(64)55-28-25-43(62)58-39(15-10-12-26-53)48(66)60-44(32(3)61)49(67)56-31(2)45(63)59-40(16-11-13-27-54)47(65)57-33(4)52-68-42-30-38-29-41(50(38,5)6)51(42,7)69-52/h17-24,31-33,38-42,44,61H,8-16,25-30,53-54H2,1-7H3,(H,55,64)(H,56,67)(H,57,65)(H,58,62)(H,59,63)(H,60,66)/t31-,32?,33-,38-,39-,40-,41-,42?,44-,51-/m0/s1. The van der Waals surface area contributed by atoms with Crippen molar-refractivity contribution in [3.63, 3.8) is 0 Å². The molecule has 4 fully saturated rings. The minimum Gasteiger partial charge on any atom is -0.404 e. The van der Waals surface area contributed by atoms with Crippen LogP contribution in [0.1, 0.15) is 135 Å². The highest BCUT2D eigenvalue weighted by Gasteiger charge is 2.68. The first-order valence-electron chi connectivity index (χ1n) is 25.2. The fraction of sp³-hybridized carbons (Fsp3) is 0.647. The van der Waals surface area contributed by atoms with Gasteiger partial charge in [0.05, 0.1) is 23.8 Å². The zero-order chi connectivity index (χ0) is 50.5. The van der Waals surface area contributed by atoms with Crippen LogP contribution in [-0.4, -0.2) is 115 Å². The van der Waals surface area contributed by atoms with Crippen molar-refractivity contribution in [1.29, 1.82) is 0 Å². The normalized spacial score (nSPS) is 22.6. The van der Waals surface area contributed by atoms with Crippen molar-refractivity contribution in [2.75, 3.05) is 19.6 Å². The number of nitrogens with one attached hydrogen (secondary N) is 6. The second-order valence-corrected chi connectivity index (χ2v) is 20.2. The molecular weight excluding hydrogens is 879 g/mol. The Kier molecular flexibility index (Phi) is 20.2. The van der Waals surface area contributed by atoms with Gasteiger partial charge in [0, 0.05) is 18.5 Å². The van der Waals surface area contributed by atoms with E-state index in [0.717, 1.165) is 43.2 Å². The van der Waals surface area contributed by atoms with Gasteiger partial charge in [0.1, 0.15) is 24.2 Å². The number of benzene rings is 2. The average molecular weight is 959 g/mol. The van der Waals surface area contributed by atoms with Gasteiger partial charge in [0.2, 0.25) is 29.5 Å². The van der Waals surface area contributed by atoms with Crippen LogP contribution in [0.15, 0.2) is 48.5 Å². The lowest BCUT2D eigenvalue weighted by Crippen LogP contribution is -2.65. The molecule has 11 N–H and O–H groups in total. The van der Waals surface area contributed by atoms with Gasteiger partial charge in [-0.1, -0.05) is 63.6 Å². The minimum absolute atomic E-state index is 0.00139. The molecule has 17 nitrogen and oxygen atoms in total. The summed E-state index contributed by atoms with van der Waals surface area (Å²) >= 11 is 0. The summed E-state index contributed by atoms with van der Waals surface area (Å²) in [5.41, 5.74) is 14.9. The number of hydrogen-bond donors (Lipinski definition) is 9. The van der Waals surface area contributed by atoms with Crippen LogP contribution in [0.2, 0.25) is 0 Å². The number of rotatable bonds is 27. The third-order valence-corrected chi connectivity index (χ3v) is 14.6. The molecule has 6 amide bonds. The molecule has 1 saturated heterocycles. The summed E-state index contributed by atoms with van der Waals surface area (Å²) in [6.45, 7) is 14.1. The molecule has 3 aliphatic carbocycles. The first-order chi connectivity index (χ1) is 32.8. The Balaban J connectivity index is 1.11. The van der Waals surface area contributed by atoms with E-state index in [2.05, 4.69) is 83.9 Å². The third-order valence-electron chi connectivity index (χ3n) is 14.6. The summed E-state index contributed by atoms with van der Waals surface area (Å²) in [5.74, 6) is -3.15. The van der Waals surface area contributed by atoms with Gasteiger partial charge in [-0.3, -0.25) is 28.8 Å². The van der Waals surface area contributed by atoms with E-state index in [-0.39, 0.29) is 43.2 Å². The molecular formula is C51H79BN8O9. The molecule has 6 rings (SSSR count). The van der Waals surface area contributed by atoms with Gasteiger partial charge in [-0.15, -0.1) is 0 Å². The van der Waals surface area contributed by atoms with Gasteiger partial charge in [-0.25, -0.2) is 0 Å². The van der Waals surface area contributed by atoms with Crippen LogP contribution >= 0.6 is 0 Å². The van der Waals surface area contributed by atoms with Crippen molar-refractivity contribution in [1.82, 2.24) is 31.9 Å². The first-order valence-corrected chi connectivity index (χ1v) is 25.2. The van der Waals surface area contributed by atoms with Crippen LogP contribution in [0.4, 0.5) is 0 Å². The Morgan fingerprint density at radius 1 is 0.739 bits per heavy atom. The maximum atomic E-state index is 13.7. The zero-order valence-corrected chi connectivity index (χ0v) is 41.9. The lowest BCUT2D eigenvalue weighted by molar-refractivity contribution is -0.199. The number of nitrogens with two attached hydrogens (primary N) is 2. The Bertz CT molecular complexity index is 2060. The van der Waals surface area contributed by atoms with Crippen molar-refractivity contribution in [3.05, 3.63) is 59.7 Å². The molecule has 1 aliphatic heterocycles. The quantitative estimate of drug-likeness (QED) is 0.0464. The molecule has 2 bridgehead atoms. The van der Waals surface area contributed by atoms with Gasteiger partial charge in [0.25, 0.3) is 5.91 Å². The van der Waals surface area contributed by atoms with Crippen molar-refractivity contribution >= 4 is 42.6 Å². The molecule has 2 unspecified atom stereocenters. The number of aryl methyl sites for hydroxylation is 1. The second kappa shape index (κ2) is 25.3. The fourth-order valence-electron chi connectivity index (χ4n) is 10.1. The van der Waals surface area contributed by atoms with Gasteiger partial charge >= 0.3 is 7.12 Å². The molecule has 10 atom stereocenters. The summed E-state index contributed by atoms with van der Waals surface area (Å²) in [7, 11) is -0.661. The second-order valence-electron chi connectivity index (χ2n) is 20.2. The predicted molar refractivity (Wildman–Crippen MR) is 266 cm³/mol. The number of carbonyl (C=O) groups excluding carboxylic acids is 6. The SMILES string of the molecule is CCCCc1ccc(-c2ccc(C(=O)NCCC(=O)N[C@@H](CCCCN)C(=O)N[C@H](C(=O)N[C@@H](C)C(=O)N[C@@H](CCCCN)C(=O)N[C@@H](C)B3OC4C[C@@H]5C[C@@H](C5(C)C)[C@]4(C)O3)C(C)O)cc2)cc1. The summed E-state index contributed by atoms with van der Waals surface area (Å²) in [6, 6.07) is 10.9. The van der Waals surface area contributed by atoms with Crippen LogP contribution in [0, 0.1) is 17.3 Å². The van der Waals surface area contributed by atoms with Crippen molar-refractivity contribution in [2.24, 2.45) is 28.7 Å². The third kappa shape index (κ3) is 14.4. The lowest BCUT2D eigenvalue weighted by Gasteiger charge is -2.64. The van der Waals surface area contributed by atoms with E-state index in [1.165, 1.54) is 19.4 Å². The maximum Gasteiger partial charge on any atom is 0.481 e. The fourth-order valence-corrected chi connectivity index (χ4v) is 10.1. The van der Waals surface area contributed by atoms with Crippen molar-refractivity contribution in [2.45, 2.75) is 173 Å². The Morgan fingerprint density at radius 2 is 1.33 bits per heavy atom. The highest BCUT2D eigenvalue weighted by atomic mass is 16.7. The monoisotopic (exact) mass is 959 g/mol. The van der Waals surface area contributed by atoms with E-state index >= 15 is 0 Å². The topological polar surface area (TPSA) is 265 Å². The number of hydrogen-bond acceptors (Lipinski definition) is 11. The highest BCUT2D eigenvalue weighted by molar-refractivity contribution is 6.47. The summed E-state index contributed by atoms with van der Waals surface area (Å²) in [4.78, 5) is 80.6. The minimum atomic E-state index is -1.50. The smallest absolute Gasteiger partial charge is 0.404 e. The van der Waals surface area contributed by atoms with E-state index in [0.29, 0.717) is 56.2 Å². The Morgan fingerprint density at radius 3 is 1.91 bits per heavy atom. The molecule has 4 aliphatic rings. The van der Waals surface area contributed by atoms with Crippen LogP contribution in [0.3, 0.4) is 0 Å². The maximum absolute atomic E-state index is 13.7. The molecule has 3 saturated carbocycles. The average Bonchev–Trinajstić information content (AvgIpc) is 3.69. The largest absolute Gasteiger partial charge is 0.481 e. The van der Waals surface area contributed by atoms with E-state index < -0.39 is 78.5 Å². The van der Waals surface area contributed by atoms with E-state index in [9.17, 15) is 33.9 Å². The molecule has 0 aromatic heterocycles. The van der Waals surface area contributed by atoms with Crippen LogP contribution in [-0.2, 0) is 39.7 Å². The molecule has 0 spiro atoms. The number of aliphatic hydroxyl groups is 1. The van der Waals surface area contributed by atoms with E-state index in [1.54, 1.807) is 12.1 Å². The van der Waals surface area contributed by atoms with Gasteiger partial charge in [-0.2, -0.15) is 0 Å². The predicted octanol–water partition coefficient (Wildman–Crippen LogP) is 3.19. The van der Waals surface area contributed by atoms with E-state index in [4.69, 9.17) is 20.8 Å². The van der Waals surface area contributed by atoms with Crippen molar-refractivity contribution in [3.8, 4) is 11.1 Å². The van der Waals surface area contributed by atoms with Crippen molar-refractivity contribution < 1.29 is 43.2 Å². The first kappa shape index (κ1) is 55.1. The Labute approximate surface area is 409 Å². The molecule has 380 valence electrons. The molecule has 0 radical (unpaired) electrons. The number of unbranched alkanes of at least 4 members (excludes halogenated alkanes) is 3. The van der Waals surface area contributed by atoms with Gasteiger partial charge in [0.15, 0.2) is 0 Å². The van der Waals surface area contributed by atoms with Crippen LogP contribution in [0.5, 0.6) is 0 Å². The lowest BCUT2D eigenvalue weighted by atomic mass is 9.43. The summed E-state index contributed by atoms with van der Waals surface area (Å²) in [6.07, 6.45) is 6.41. The van der Waals surface area contributed by atoms with Crippen LogP contribution in [0.25, 0.3) is 11.1 Å². The zero-order valence-electron chi connectivity index (χ0n) is 41.9. The molecule has 2 aromatic rings. The summed E-state index contributed by atoms with van der Waals surface area (Å²) in [5, 5.41) is 27.0. The van der Waals surface area contributed by atoms with E-state index in [1.807, 2.05) is 19.1 Å². The van der Waals surface area contributed by atoms with Gasteiger partial charge in [-0.05, 0) is 151 Å². The van der Waals surface area contributed by atoms with Crippen LogP contribution < -0.4 is 43.4 Å². The molecule has 69 heavy (non-hydrogen) atoms. The molecule has 18 heteroatoms.